The molecular weight excluding hydrogens is 490 g/mol. The van der Waals surface area contributed by atoms with Crippen LogP contribution in [0.15, 0.2) is 33.4 Å². The average Bonchev–Trinajstić information content (AvgIpc) is 2.98. The van der Waals surface area contributed by atoms with E-state index in [0.29, 0.717) is 34.9 Å². The monoisotopic (exact) mass is 519 g/mol. The molecule has 0 aromatic heterocycles. The maximum atomic E-state index is 12.1. The first kappa shape index (κ1) is 26.0. The first-order chi connectivity index (χ1) is 15.4. The largest absolute Gasteiger partial charge is 0.450 e. The highest BCUT2D eigenvalue weighted by Gasteiger charge is 2.27. The third kappa shape index (κ3) is 6.40. The number of piperidine rings is 1. The van der Waals surface area contributed by atoms with Gasteiger partial charge in [0, 0.05) is 30.6 Å². The standard InChI is InChI=1S/C23H25BrClN3O2.C2H6/c1-3-17(24)14-27-21-7-5-6-16-12-19(25)20(26)13-18(16)22(21)15-8-10-28(11-9-15)23(29)30-4-2;1-2/h1,12-14H,4-11,26H2,2H3;1-2H3/b17-14+,27-21?;. The normalized spacial score (nSPS) is 17.7. The van der Waals surface area contributed by atoms with Crippen LogP contribution in [0.5, 0.6) is 0 Å². The molecule has 1 amide bonds. The summed E-state index contributed by atoms with van der Waals surface area (Å²) in [6, 6.07) is 3.93. The molecular formula is C25H31BrClN3O2. The third-order valence-electron chi connectivity index (χ3n) is 5.36. The number of amides is 1. The van der Waals surface area contributed by atoms with Crippen LogP contribution in [-0.2, 0) is 11.2 Å². The molecule has 1 aromatic rings. The summed E-state index contributed by atoms with van der Waals surface area (Å²) in [7, 11) is 0. The van der Waals surface area contributed by atoms with Gasteiger partial charge in [-0.15, -0.1) is 6.42 Å². The Hall–Kier alpha value is -2.23. The van der Waals surface area contributed by atoms with Crippen LogP contribution in [-0.4, -0.2) is 36.4 Å². The van der Waals surface area contributed by atoms with Gasteiger partial charge < -0.3 is 15.4 Å². The minimum Gasteiger partial charge on any atom is -0.450 e. The van der Waals surface area contributed by atoms with Gasteiger partial charge in [0.15, 0.2) is 0 Å². The molecule has 1 fully saturated rings. The van der Waals surface area contributed by atoms with Crippen LogP contribution in [0.4, 0.5) is 10.5 Å². The molecule has 1 heterocycles. The van der Waals surface area contributed by atoms with E-state index in [9.17, 15) is 4.79 Å². The number of nitrogens with two attached hydrogens (primary N) is 1. The smallest absolute Gasteiger partial charge is 0.409 e. The summed E-state index contributed by atoms with van der Waals surface area (Å²) in [6.45, 7) is 7.43. The number of rotatable bonds is 2. The van der Waals surface area contributed by atoms with Gasteiger partial charge in [0.05, 0.1) is 21.8 Å². The molecule has 5 nitrogen and oxygen atoms in total. The summed E-state index contributed by atoms with van der Waals surface area (Å²) in [6.07, 6.45) is 11.1. The molecule has 0 unspecified atom stereocenters. The van der Waals surface area contributed by atoms with Gasteiger partial charge in [-0.3, -0.25) is 4.99 Å². The highest BCUT2D eigenvalue weighted by atomic mass is 79.9. The molecule has 0 bridgehead atoms. The summed E-state index contributed by atoms with van der Waals surface area (Å²) in [5, 5.41) is 0.575. The van der Waals surface area contributed by atoms with Crippen molar-refractivity contribution in [3.63, 3.8) is 0 Å². The predicted molar refractivity (Wildman–Crippen MR) is 138 cm³/mol. The van der Waals surface area contributed by atoms with E-state index in [2.05, 4.69) is 21.9 Å². The Balaban J connectivity index is 0.00000176. The lowest BCUT2D eigenvalue weighted by atomic mass is 9.88. The van der Waals surface area contributed by atoms with E-state index in [0.717, 1.165) is 49.0 Å². The van der Waals surface area contributed by atoms with Crippen LogP contribution < -0.4 is 5.73 Å². The van der Waals surface area contributed by atoms with Gasteiger partial charge in [-0.1, -0.05) is 36.9 Å². The van der Waals surface area contributed by atoms with Crippen molar-refractivity contribution in [3.8, 4) is 12.3 Å². The second-order valence-electron chi connectivity index (χ2n) is 7.25. The predicted octanol–water partition coefficient (Wildman–Crippen LogP) is 6.60. The Morgan fingerprint density at radius 2 is 2.00 bits per heavy atom. The average molecular weight is 521 g/mol. The number of ether oxygens (including phenoxy) is 1. The van der Waals surface area contributed by atoms with E-state index in [4.69, 9.17) is 33.5 Å². The lowest BCUT2D eigenvalue weighted by Gasteiger charge is -2.29. The highest BCUT2D eigenvalue weighted by molar-refractivity contribution is 9.12. The molecule has 1 aliphatic heterocycles. The van der Waals surface area contributed by atoms with E-state index in [-0.39, 0.29) is 6.09 Å². The lowest BCUT2D eigenvalue weighted by Crippen LogP contribution is -2.37. The lowest BCUT2D eigenvalue weighted by molar-refractivity contribution is 0.104. The van der Waals surface area contributed by atoms with Gasteiger partial charge in [-0.25, -0.2) is 4.79 Å². The van der Waals surface area contributed by atoms with Gasteiger partial charge in [0.25, 0.3) is 0 Å². The van der Waals surface area contributed by atoms with Crippen LogP contribution in [0, 0.1) is 12.3 Å². The molecule has 2 N–H and O–H groups in total. The number of likely N-dealkylation sites (tertiary alicyclic amines) is 1. The van der Waals surface area contributed by atoms with Gasteiger partial charge >= 0.3 is 6.09 Å². The number of anilines is 1. The van der Waals surface area contributed by atoms with E-state index in [1.54, 1.807) is 11.1 Å². The number of nitrogen functional groups attached to an aromatic ring is 1. The fourth-order valence-corrected chi connectivity index (χ4v) is 4.21. The van der Waals surface area contributed by atoms with Crippen molar-refractivity contribution in [2.24, 2.45) is 4.99 Å². The first-order valence-electron chi connectivity index (χ1n) is 11.1. The van der Waals surface area contributed by atoms with E-state index >= 15 is 0 Å². The van der Waals surface area contributed by atoms with Crippen molar-refractivity contribution in [1.29, 1.82) is 0 Å². The second kappa shape index (κ2) is 12.7. The third-order valence-corrected chi connectivity index (χ3v) is 6.12. The highest BCUT2D eigenvalue weighted by Crippen LogP contribution is 2.37. The number of carbonyl (C=O) groups excluding carboxylic acids is 1. The van der Waals surface area contributed by atoms with Crippen molar-refractivity contribution in [1.82, 2.24) is 4.90 Å². The molecule has 0 saturated carbocycles. The fourth-order valence-electron chi connectivity index (χ4n) is 3.92. The number of benzene rings is 1. The zero-order valence-corrected chi connectivity index (χ0v) is 21.4. The van der Waals surface area contributed by atoms with Gasteiger partial charge in [0.1, 0.15) is 0 Å². The van der Waals surface area contributed by atoms with Crippen molar-refractivity contribution in [2.75, 3.05) is 25.4 Å². The fraction of sp³-hybridized carbons (Fsp3) is 0.440. The molecule has 3 rings (SSSR count). The zero-order valence-electron chi connectivity index (χ0n) is 19.0. The molecule has 2 aliphatic rings. The van der Waals surface area contributed by atoms with Crippen molar-refractivity contribution < 1.29 is 9.53 Å². The SMILES string of the molecule is C#C/C(Br)=C\N=C1CCCc2cc(Cl)c(N)cc2C1=C1CCN(C(=O)OCC)CC1.CC. The Kier molecular flexibility index (Phi) is 10.3. The Labute approximate surface area is 204 Å². The van der Waals surface area contributed by atoms with Crippen LogP contribution in [0.2, 0.25) is 5.02 Å². The first-order valence-corrected chi connectivity index (χ1v) is 12.2. The van der Waals surface area contributed by atoms with Crippen molar-refractivity contribution in [3.05, 3.63) is 44.5 Å². The van der Waals surface area contributed by atoms with Crippen molar-refractivity contribution in [2.45, 2.75) is 52.9 Å². The summed E-state index contributed by atoms with van der Waals surface area (Å²) in [4.78, 5) is 18.6. The van der Waals surface area contributed by atoms with Crippen LogP contribution in [0.25, 0.3) is 5.57 Å². The summed E-state index contributed by atoms with van der Waals surface area (Å²) in [5.74, 6) is 2.54. The van der Waals surface area contributed by atoms with E-state index in [1.165, 1.54) is 11.1 Å². The van der Waals surface area contributed by atoms with Crippen LogP contribution >= 0.6 is 27.5 Å². The summed E-state index contributed by atoms with van der Waals surface area (Å²) in [5.41, 5.74) is 12.3. The maximum absolute atomic E-state index is 12.1. The Morgan fingerprint density at radius 3 is 2.62 bits per heavy atom. The minimum atomic E-state index is -0.256. The van der Waals surface area contributed by atoms with Gasteiger partial charge in [-0.05, 0) is 78.2 Å². The summed E-state index contributed by atoms with van der Waals surface area (Å²) < 4.78 is 5.74. The number of hydrogen-bond donors (Lipinski definition) is 1. The number of allylic oxidation sites excluding steroid dienone is 2. The molecule has 32 heavy (non-hydrogen) atoms. The second-order valence-corrected chi connectivity index (χ2v) is 8.51. The molecule has 1 saturated heterocycles. The molecule has 0 atom stereocenters. The minimum absolute atomic E-state index is 0.256. The molecule has 7 heteroatoms. The number of aryl methyl sites for hydroxylation is 1. The van der Waals surface area contributed by atoms with E-state index < -0.39 is 0 Å². The van der Waals surface area contributed by atoms with Gasteiger partial charge in [0.2, 0.25) is 0 Å². The zero-order chi connectivity index (χ0) is 23.7. The molecule has 0 spiro atoms. The summed E-state index contributed by atoms with van der Waals surface area (Å²) >= 11 is 9.64. The number of hydrogen-bond acceptors (Lipinski definition) is 4. The number of fused-ring (bicyclic) bond motifs is 1. The van der Waals surface area contributed by atoms with Crippen LogP contribution in [0.1, 0.15) is 57.6 Å². The quantitative estimate of drug-likeness (QED) is 0.271. The maximum Gasteiger partial charge on any atom is 0.409 e. The molecule has 1 aliphatic carbocycles. The molecule has 172 valence electrons. The van der Waals surface area contributed by atoms with Gasteiger partial charge in [-0.2, -0.15) is 0 Å². The number of nitrogens with zero attached hydrogens (tertiary/aromatic N) is 2. The van der Waals surface area contributed by atoms with E-state index in [1.807, 2.05) is 32.9 Å². The molecule has 0 radical (unpaired) electrons. The number of carbonyl (C=O) groups is 1. The Bertz CT molecular complexity index is 966. The van der Waals surface area contributed by atoms with Crippen molar-refractivity contribution >= 4 is 50.6 Å². The number of halogens is 2. The Morgan fingerprint density at radius 1 is 1.31 bits per heavy atom. The molecule has 1 aromatic carbocycles. The topological polar surface area (TPSA) is 67.9 Å². The number of terminal acetylenes is 1. The van der Waals surface area contributed by atoms with Crippen LogP contribution in [0.3, 0.4) is 0 Å². The number of aliphatic imine (C=N–C) groups is 1.